The molecule has 0 amide bonds. The van der Waals surface area contributed by atoms with Gasteiger partial charge in [0.15, 0.2) is 0 Å². The molecule has 141 heavy (non-hydrogen) atoms. The highest BCUT2D eigenvalue weighted by molar-refractivity contribution is 5.96. The van der Waals surface area contributed by atoms with Gasteiger partial charge in [-0.05, 0) is 248 Å². The predicted octanol–water partition coefficient (Wildman–Crippen LogP) is 38.8. The Kier molecular flexibility index (Phi) is 27.1. The van der Waals surface area contributed by atoms with Crippen LogP contribution in [0.2, 0.25) is 0 Å². The lowest BCUT2D eigenvalue weighted by Gasteiger charge is -2.29. The van der Waals surface area contributed by atoms with Crippen molar-refractivity contribution in [1.82, 2.24) is 0 Å². The summed E-state index contributed by atoms with van der Waals surface area (Å²) in [6, 6.07) is 219. The van der Waals surface area contributed by atoms with Crippen LogP contribution in [0.3, 0.4) is 0 Å². The van der Waals surface area contributed by atoms with E-state index in [-0.39, 0.29) is 0 Å². The van der Waals surface area contributed by atoms with Gasteiger partial charge in [-0.15, -0.1) is 0 Å². The fraction of sp³-hybridized carbons (Fsp3) is 0. The SMILES string of the molecule is c1ccc(-c2ccc(-c3cccc(N(c4cccc(-c5ccc(-c6ccccc6)cc5)c4)c4ccccc4-c4ccccc4)c3)cc2)cc1.c1ccc(-c2cccc(-c3cccc(N(c4cccc(-c5cccc(-c6ccccc6)c5)c4)c4ccccc4-c4ccccc4)c3)c2)cc1.c1ccc(-c2cccc(N(c3cc(-c4ccccc4)cc(-c4ccccc4)c3)c3ccccc3-c3ccccc3)c2)cc1. The molecule has 23 rings (SSSR count). The summed E-state index contributed by atoms with van der Waals surface area (Å²) in [7, 11) is 0. The first-order valence-electron chi connectivity index (χ1n) is 48.2. The molecule has 668 valence electrons. The molecular formula is C138H101N3. The third-order valence-electron chi connectivity index (χ3n) is 26.0. The van der Waals surface area contributed by atoms with Gasteiger partial charge in [-0.2, -0.15) is 0 Å². The van der Waals surface area contributed by atoms with E-state index in [1.54, 1.807) is 0 Å². The van der Waals surface area contributed by atoms with Gasteiger partial charge in [0.1, 0.15) is 0 Å². The molecule has 3 heteroatoms. The summed E-state index contributed by atoms with van der Waals surface area (Å²) in [5, 5.41) is 0. The summed E-state index contributed by atoms with van der Waals surface area (Å²) in [4.78, 5) is 7.21. The Balaban J connectivity index is 0.000000126. The first-order valence-corrected chi connectivity index (χ1v) is 48.2. The number of hydrogen-bond donors (Lipinski definition) is 0. The Morgan fingerprint density at radius 2 is 0.213 bits per heavy atom. The number of para-hydroxylation sites is 3. The summed E-state index contributed by atoms with van der Waals surface area (Å²) in [5.41, 5.74) is 43.4. The van der Waals surface area contributed by atoms with Gasteiger partial charge < -0.3 is 14.7 Å². The van der Waals surface area contributed by atoms with Crippen molar-refractivity contribution in [2.45, 2.75) is 0 Å². The van der Waals surface area contributed by atoms with Crippen molar-refractivity contribution in [3.63, 3.8) is 0 Å². The van der Waals surface area contributed by atoms with Gasteiger partial charge in [0.2, 0.25) is 0 Å². The van der Waals surface area contributed by atoms with E-state index in [1.165, 1.54) is 156 Å². The van der Waals surface area contributed by atoms with Crippen LogP contribution < -0.4 is 14.7 Å². The van der Waals surface area contributed by atoms with E-state index in [0.29, 0.717) is 0 Å². The Morgan fingerprint density at radius 3 is 0.454 bits per heavy atom. The Hall–Kier alpha value is -18.5. The zero-order valence-corrected chi connectivity index (χ0v) is 78.2. The minimum atomic E-state index is 1.10. The summed E-state index contributed by atoms with van der Waals surface area (Å²) < 4.78 is 0. The molecule has 23 aromatic carbocycles. The Bertz CT molecular complexity index is 7780. The van der Waals surface area contributed by atoms with Crippen LogP contribution in [0.25, 0.3) is 156 Å². The van der Waals surface area contributed by atoms with Crippen molar-refractivity contribution in [3.05, 3.63) is 613 Å². The van der Waals surface area contributed by atoms with Crippen LogP contribution in [0.1, 0.15) is 0 Å². The molecule has 23 aromatic rings. The highest BCUT2D eigenvalue weighted by atomic mass is 15.2. The standard InChI is InChI=1S/2C48H35N.C42H31N/c1-4-16-36(17-5-1)39-22-12-24-41(32-39)43-26-14-28-45(34-43)49(48-31-11-10-30-47(48)38-20-8-3-9-21-38)46-29-15-27-44(35-46)42-25-13-23-40(33-42)37-18-6-2-7-19-37;1-4-14-36(15-5-1)38-26-30-40(31-27-38)43-20-12-22-45(34-43)49(48-25-11-10-24-47(48)42-18-8-3-9-19-42)46-23-13-21-44(35-46)41-32-28-39(29-33-41)37-16-6-2-7-17-37;1-5-16-32(17-6-1)36-24-15-25-39(29-36)43(42-27-14-13-26-41(42)35-22-11-4-12-23-35)40-30-37(33-18-7-2-8-19-33)28-38(31-40)34-20-9-3-10-21-34/h2*1-35H;1-31H. The molecule has 0 aliphatic rings. The summed E-state index contributed by atoms with van der Waals surface area (Å²) in [6.07, 6.45) is 0. The number of benzene rings is 23. The van der Waals surface area contributed by atoms with Crippen LogP contribution in [0.15, 0.2) is 613 Å². The van der Waals surface area contributed by atoms with E-state index in [0.717, 1.165) is 51.2 Å². The maximum absolute atomic E-state index is 2.41. The second kappa shape index (κ2) is 43.0. The van der Waals surface area contributed by atoms with Crippen LogP contribution in [0.5, 0.6) is 0 Å². The second-order valence-corrected chi connectivity index (χ2v) is 35.1. The van der Waals surface area contributed by atoms with Gasteiger partial charge >= 0.3 is 0 Å². The molecule has 0 bridgehead atoms. The predicted molar refractivity (Wildman–Crippen MR) is 599 cm³/mol. The van der Waals surface area contributed by atoms with Gasteiger partial charge in [-0.25, -0.2) is 0 Å². The lowest BCUT2D eigenvalue weighted by Crippen LogP contribution is -2.11. The minimum Gasteiger partial charge on any atom is -0.310 e. The van der Waals surface area contributed by atoms with Crippen molar-refractivity contribution < 1.29 is 0 Å². The molecule has 0 aromatic heterocycles. The lowest BCUT2D eigenvalue weighted by atomic mass is 9.96. The number of rotatable bonds is 23. The second-order valence-electron chi connectivity index (χ2n) is 35.1. The van der Waals surface area contributed by atoms with E-state index in [1.807, 2.05) is 0 Å². The van der Waals surface area contributed by atoms with E-state index in [9.17, 15) is 0 Å². The number of nitrogens with zero attached hydrogens (tertiary/aromatic N) is 3. The maximum atomic E-state index is 2.41. The summed E-state index contributed by atoms with van der Waals surface area (Å²) in [6.45, 7) is 0. The fourth-order valence-corrected chi connectivity index (χ4v) is 19.0. The van der Waals surface area contributed by atoms with Crippen LogP contribution in [-0.2, 0) is 0 Å². The molecule has 0 spiro atoms. The maximum Gasteiger partial charge on any atom is 0.0540 e. The molecule has 0 atom stereocenters. The first kappa shape index (κ1) is 89.0. The molecule has 0 fully saturated rings. The zero-order chi connectivity index (χ0) is 94.5. The molecule has 3 nitrogen and oxygen atoms in total. The highest BCUT2D eigenvalue weighted by Crippen LogP contribution is 2.49. The van der Waals surface area contributed by atoms with Crippen molar-refractivity contribution in [3.8, 4) is 156 Å². The highest BCUT2D eigenvalue weighted by Gasteiger charge is 2.25. The van der Waals surface area contributed by atoms with Gasteiger partial charge in [0.25, 0.3) is 0 Å². The molecule has 0 aliphatic carbocycles. The monoisotopic (exact) mass is 1800 g/mol. The third kappa shape index (κ3) is 20.8. The van der Waals surface area contributed by atoms with E-state index in [2.05, 4.69) is 627 Å². The van der Waals surface area contributed by atoms with Crippen LogP contribution >= 0.6 is 0 Å². The van der Waals surface area contributed by atoms with Crippen molar-refractivity contribution in [1.29, 1.82) is 0 Å². The van der Waals surface area contributed by atoms with Crippen molar-refractivity contribution in [2.24, 2.45) is 0 Å². The average molecular weight is 1800 g/mol. The number of anilines is 9. The van der Waals surface area contributed by atoms with Gasteiger partial charge in [-0.3, -0.25) is 0 Å². The number of hydrogen-bond acceptors (Lipinski definition) is 3. The smallest absolute Gasteiger partial charge is 0.0540 e. The van der Waals surface area contributed by atoms with E-state index >= 15 is 0 Å². The minimum absolute atomic E-state index is 1.10. The molecule has 0 saturated carbocycles. The molecule has 0 N–H and O–H groups in total. The largest absolute Gasteiger partial charge is 0.310 e. The first-order chi connectivity index (χ1) is 69.9. The average Bonchev–Trinajstić information content (AvgIpc) is 0.748. The topological polar surface area (TPSA) is 9.72 Å². The molecule has 0 saturated heterocycles. The van der Waals surface area contributed by atoms with E-state index < -0.39 is 0 Å². The third-order valence-corrected chi connectivity index (χ3v) is 26.0. The van der Waals surface area contributed by atoms with Crippen LogP contribution in [-0.4, -0.2) is 0 Å². The van der Waals surface area contributed by atoms with Crippen LogP contribution in [0, 0.1) is 0 Å². The zero-order valence-electron chi connectivity index (χ0n) is 78.2. The Labute approximate surface area is 828 Å². The molecular weight excluding hydrogens is 1700 g/mol. The Morgan fingerprint density at radius 1 is 0.0780 bits per heavy atom. The molecule has 0 radical (unpaired) electrons. The van der Waals surface area contributed by atoms with Crippen molar-refractivity contribution in [2.75, 3.05) is 14.7 Å². The fourth-order valence-electron chi connectivity index (χ4n) is 19.0. The van der Waals surface area contributed by atoms with Gasteiger partial charge in [0.05, 0.1) is 17.1 Å². The normalized spacial score (nSPS) is 10.8. The lowest BCUT2D eigenvalue weighted by molar-refractivity contribution is 1.28. The molecule has 0 aliphatic heterocycles. The quantitative estimate of drug-likeness (QED) is 0.0632. The van der Waals surface area contributed by atoms with E-state index in [4.69, 9.17) is 0 Å². The van der Waals surface area contributed by atoms with Crippen molar-refractivity contribution >= 4 is 51.2 Å². The van der Waals surface area contributed by atoms with Gasteiger partial charge in [0, 0.05) is 50.8 Å². The molecule has 0 heterocycles. The summed E-state index contributed by atoms with van der Waals surface area (Å²) in [5.74, 6) is 0. The molecule has 0 unspecified atom stereocenters. The summed E-state index contributed by atoms with van der Waals surface area (Å²) >= 11 is 0. The van der Waals surface area contributed by atoms with Crippen LogP contribution in [0.4, 0.5) is 51.2 Å². The van der Waals surface area contributed by atoms with Gasteiger partial charge in [-0.1, -0.05) is 504 Å².